The van der Waals surface area contributed by atoms with Crippen molar-refractivity contribution in [2.45, 2.75) is 20.3 Å². The second kappa shape index (κ2) is 6.42. The van der Waals surface area contributed by atoms with Crippen molar-refractivity contribution in [1.82, 2.24) is 10.2 Å². The van der Waals surface area contributed by atoms with Crippen molar-refractivity contribution in [1.29, 1.82) is 0 Å². The summed E-state index contributed by atoms with van der Waals surface area (Å²) in [6, 6.07) is 4.63. The monoisotopic (exact) mass is 294 g/mol. The fourth-order valence-corrected chi connectivity index (χ4v) is 2.24. The molecule has 0 saturated carbocycles. The van der Waals surface area contributed by atoms with Gasteiger partial charge in [0.05, 0.1) is 5.69 Å². The molecule has 20 heavy (non-hydrogen) atoms. The van der Waals surface area contributed by atoms with Crippen LogP contribution in [0.5, 0.6) is 0 Å². The molecular weight excluding hydrogens is 279 g/mol. The zero-order chi connectivity index (χ0) is 14.5. The molecule has 1 aromatic heterocycles. The predicted octanol–water partition coefficient (Wildman–Crippen LogP) is 3.06. The van der Waals surface area contributed by atoms with Crippen molar-refractivity contribution in [2.75, 3.05) is 17.2 Å². The van der Waals surface area contributed by atoms with Crippen molar-refractivity contribution in [2.24, 2.45) is 0 Å². The number of hydrogen-bond donors (Lipinski definition) is 2. The van der Waals surface area contributed by atoms with Gasteiger partial charge in [0.2, 0.25) is 10.1 Å². The zero-order valence-corrected chi connectivity index (χ0v) is 12.1. The molecular formula is C13H15FN4OS. The fraction of sp³-hybridized carbons (Fsp3) is 0.308. The summed E-state index contributed by atoms with van der Waals surface area (Å²) < 4.78 is 13.6. The SMILES string of the molecule is CCCNc1nnc(C(=O)Nc2c(C)cccc2F)s1. The Bertz CT molecular complexity index is 594. The highest BCUT2D eigenvalue weighted by molar-refractivity contribution is 7.17. The molecule has 0 unspecified atom stereocenters. The van der Waals surface area contributed by atoms with Gasteiger partial charge in [-0.2, -0.15) is 0 Å². The standard InChI is InChI=1S/C13H15FN4OS/c1-3-7-15-13-18-17-12(20-13)11(19)16-10-8(2)5-4-6-9(10)14/h4-6H,3,7H2,1-2H3,(H,15,18)(H,16,19). The first kappa shape index (κ1) is 14.4. The van der Waals surface area contributed by atoms with Crippen LogP contribution in [0.1, 0.15) is 28.7 Å². The van der Waals surface area contributed by atoms with Crippen LogP contribution in [0.3, 0.4) is 0 Å². The minimum Gasteiger partial charge on any atom is -0.360 e. The lowest BCUT2D eigenvalue weighted by Crippen LogP contribution is -2.13. The van der Waals surface area contributed by atoms with Gasteiger partial charge in [0.25, 0.3) is 5.91 Å². The Balaban J connectivity index is 2.10. The molecule has 0 aliphatic carbocycles. The fourth-order valence-electron chi connectivity index (χ4n) is 1.58. The maximum Gasteiger partial charge on any atom is 0.286 e. The number of halogens is 1. The van der Waals surface area contributed by atoms with E-state index >= 15 is 0 Å². The molecule has 0 spiro atoms. The average Bonchev–Trinajstić information content (AvgIpc) is 2.89. The molecule has 0 atom stereocenters. The van der Waals surface area contributed by atoms with Crippen LogP contribution in [0.25, 0.3) is 0 Å². The molecule has 5 nitrogen and oxygen atoms in total. The van der Waals surface area contributed by atoms with E-state index in [4.69, 9.17) is 0 Å². The molecule has 1 amide bonds. The number of carbonyl (C=O) groups excluding carboxylic acids is 1. The normalized spacial score (nSPS) is 10.3. The lowest BCUT2D eigenvalue weighted by atomic mass is 10.2. The van der Waals surface area contributed by atoms with Crippen LogP contribution in [0.4, 0.5) is 15.2 Å². The Hall–Kier alpha value is -2.02. The molecule has 1 heterocycles. The molecule has 0 radical (unpaired) electrons. The molecule has 2 N–H and O–H groups in total. The van der Waals surface area contributed by atoms with Gasteiger partial charge in [-0.3, -0.25) is 4.79 Å². The number of amides is 1. The van der Waals surface area contributed by atoms with Gasteiger partial charge in [0.1, 0.15) is 5.82 Å². The lowest BCUT2D eigenvalue weighted by Gasteiger charge is -2.07. The highest BCUT2D eigenvalue weighted by Crippen LogP contribution is 2.21. The Labute approximate surface area is 120 Å². The summed E-state index contributed by atoms with van der Waals surface area (Å²) >= 11 is 1.14. The molecule has 106 valence electrons. The summed E-state index contributed by atoms with van der Waals surface area (Å²) in [7, 11) is 0. The van der Waals surface area contributed by atoms with Gasteiger partial charge >= 0.3 is 0 Å². The number of para-hydroxylation sites is 1. The van der Waals surface area contributed by atoms with E-state index in [-0.39, 0.29) is 10.7 Å². The van der Waals surface area contributed by atoms with Crippen molar-refractivity contribution >= 4 is 28.1 Å². The number of aromatic nitrogens is 2. The second-order valence-electron chi connectivity index (χ2n) is 4.23. The molecule has 2 rings (SSSR count). The summed E-state index contributed by atoms with van der Waals surface area (Å²) in [4.78, 5) is 12.0. The second-order valence-corrected chi connectivity index (χ2v) is 5.20. The highest BCUT2D eigenvalue weighted by atomic mass is 32.1. The zero-order valence-electron chi connectivity index (χ0n) is 11.2. The van der Waals surface area contributed by atoms with Gasteiger partial charge in [0, 0.05) is 6.54 Å². The van der Waals surface area contributed by atoms with Crippen LogP contribution in [-0.2, 0) is 0 Å². The first-order chi connectivity index (χ1) is 9.61. The number of anilines is 2. The third-order valence-corrected chi connectivity index (χ3v) is 3.49. The summed E-state index contributed by atoms with van der Waals surface area (Å²) in [5, 5.41) is 14.0. The largest absolute Gasteiger partial charge is 0.360 e. The number of nitrogens with zero attached hydrogens (tertiary/aromatic N) is 2. The first-order valence-corrected chi connectivity index (χ1v) is 7.07. The van der Waals surface area contributed by atoms with Crippen molar-refractivity contribution < 1.29 is 9.18 Å². The summed E-state index contributed by atoms with van der Waals surface area (Å²) in [6.45, 7) is 4.53. The predicted molar refractivity (Wildman–Crippen MR) is 77.8 cm³/mol. The molecule has 0 saturated heterocycles. The van der Waals surface area contributed by atoms with E-state index in [1.54, 1.807) is 19.1 Å². The molecule has 1 aromatic carbocycles. The first-order valence-electron chi connectivity index (χ1n) is 6.25. The van der Waals surface area contributed by atoms with Crippen LogP contribution in [-0.4, -0.2) is 22.6 Å². The van der Waals surface area contributed by atoms with E-state index in [1.807, 2.05) is 6.92 Å². The van der Waals surface area contributed by atoms with E-state index in [0.29, 0.717) is 10.7 Å². The van der Waals surface area contributed by atoms with E-state index in [1.165, 1.54) is 6.07 Å². The summed E-state index contributed by atoms with van der Waals surface area (Å²) in [5.41, 5.74) is 0.836. The van der Waals surface area contributed by atoms with Gasteiger partial charge < -0.3 is 10.6 Å². The average molecular weight is 294 g/mol. The van der Waals surface area contributed by atoms with Crippen LogP contribution in [0.2, 0.25) is 0 Å². The molecule has 0 bridgehead atoms. The van der Waals surface area contributed by atoms with E-state index in [0.717, 1.165) is 24.3 Å². The quantitative estimate of drug-likeness (QED) is 0.889. The number of rotatable bonds is 5. The molecule has 2 aromatic rings. The van der Waals surface area contributed by atoms with E-state index in [2.05, 4.69) is 20.8 Å². The van der Waals surface area contributed by atoms with Gasteiger partial charge in [0.15, 0.2) is 0 Å². The molecule has 0 aliphatic heterocycles. The van der Waals surface area contributed by atoms with Crippen molar-refractivity contribution in [3.05, 3.63) is 34.6 Å². The van der Waals surface area contributed by atoms with Gasteiger partial charge in [-0.1, -0.05) is 30.4 Å². The Morgan fingerprint density at radius 1 is 1.40 bits per heavy atom. The number of hydrogen-bond acceptors (Lipinski definition) is 5. The number of carbonyl (C=O) groups is 1. The van der Waals surface area contributed by atoms with Crippen molar-refractivity contribution in [3.63, 3.8) is 0 Å². The van der Waals surface area contributed by atoms with E-state index < -0.39 is 11.7 Å². The number of nitrogens with one attached hydrogen (secondary N) is 2. The molecule has 0 fully saturated rings. The maximum absolute atomic E-state index is 13.6. The van der Waals surface area contributed by atoms with Crippen LogP contribution < -0.4 is 10.6 Å². The van der Waals surface area contributed by atoms with Crippen LogP contribution in [0.15, 0.2) is 18.2 Å². The van der Waals surface area contributed by atoms with Gasteiger partial charge in [-0.15, -0.1) is 10.2 Å². The topological polar surface area (TPSA) is 66.9 Å². The van der Waals surface area contributed by atoms with Gasteiger partial charge in [-0.25, -0.2) is 4.39 Å². The number of aryl methyl sites for hydroxylation is 1. The highest BCUT2D eigenvalue weighted by Gasteiger charge is 2.15. The number of benzene rings is 1. The minimum absolute atomic E-state index is 0.177. The Morgan fingerprint density at radius 2 is 2.20 bits per heavy atom. The third-order valence-electron chi connectivity index (χ3n) is 2.61. The molecule has 0 aliphatic rings. The maximum atomic E-state index is 13.6. The van der Waals surface area contributed by atoms with E-state index in [9.17, 15) is 9.18 Å². The van der Waals surface area contributed by atoms with Crippen LogP contribution >= 0.6 is 11.3 Å². The lowest BCUT2D eigenvalue weighted by molar-refractivity contribution is 0.102. The summed E-state index contributed by atoms with van der Waals surface area (Å²) in [5.74, 6) is -0.924. The minimum atomic E-state index is -0.466. The van der Waals surface area contributed by atoms with Gasteiger partial charge in [-0.05, 0) is 25.0 Å². The Morgan fingerprint density at radius 3 is 2.90 bits per heavy atom. The van der Waals surface area contributed by atoms with Crippen LogP contribution in [0, 0.1) is 12.7 Å². The third kappa shape index (κ3) is 3.30. The smallest absolute Gasteiger partial charge is 0.286 e. The summed E-state index contributed by atoms with van der Waals surface area (Å²) in [6.07, 6.45) is 0.954. The Kier molecular flexibility index (Phi) is 4.62. The van der Waals surface area contributed by atoms with Crippen molar-refractivity contribution in [3.8, 4) is 0 Å². The molecule has 7 heteroatoms.